The summed E-state index contributed by atoms with van der Waals surface area (Å²) in [6.45, 7) is 2.96. The summed E-state index contributed by atoms with van der Waals surface area (Å²) in [5.41, 5.74) is 0. The Balaban J connectivity index is 1.85. The smallest absolute Gasteiger partial charge is 0.323 e. The molecular formula is C13H22N2O4S. The number of aliphatic hydroxyl groups is 1. The normalized spacial score (nSPS) is 26.6. The third-order valence-corrected chi connectivity index (χ3v) is 5.42. The van der Waals surface area contributed by atoms with Crippen molar-refractivity contribution < 1.29 is 19.4 Å². The first-order valence-corrected chi connectivity index (χ1v) is 7.90. The van der Waals surface area contributed by atoms with Gasteiger partial charge in [0, 0.05) is 18.8 Å². The number of likely N-dealkylation sites (tertiary alicyclic amines) is 1. The van der Waals surface area contributed by atoms with Gasteiger partial charge < -0.3 is 14.7 Å². The van der Waals surface area contributed by atoms with Gasteiger partial charge in [-0.3, -0.25) is 14.9 Å². The van der Waals surface area contributed by atoms with Crippen molar-refractivity contribution in [2.75, 3.05) is 26.0 Å². The van der Waals surface area contributed by atoms with Gasteiger partial charge in [0.25, 0.3) is 0 Å². The second-order valence-electron chi connectivity index (χ2n) is 5.46. The van der Waals surface area contributed by atoms with Crippen LogP contribution in [0.25, 0.3) is 0 Å². The number of ether oxygens (including phenoxy) is 1. The molecule has 0 radical (unpaired) electrons. The number of piperidine rings is 1. The molecule has 2 rings (SSSR count). The molecule has 0 aliphatic carbocycles. The highest BCUT2D eigenvalue weighted by atomic mass is 32.2. The summed E-state index contributed by atoms with van der Waals surface area (Å²) in [4.78, 5) is 25.1. The molecule has 1 amide bonds. The highest BCUT2D eigenvalue weighted by Gasteiger charge is 2.44. The highest BCUT2D eigenvalue weighted by molar-refractivity contribution is 8.01. The zero-order valence-corrected chi connectivity index (χ0v) is 12.7. The molecule has 2 atom stereocenters. The second-order valence-corrected chi connectivity index (χ2v) is 6.86. The monoisotopic (exact) mass is 302 g/mol. The fraction of sp³-hybridized carbons (Fsp3) is 0.846. The molecule has 0 aromatic heterocycles. The molecule has 2 heterocycles. The quantitative estimate of drug-likeness (QED) is 0.712. The van der Waals surface area contributed by atoms with E-state index in [4.69, 9.17) is 4.74 Å². The van der Waals surface area contributed by atoms with Gasteiger partial charge in [-0.05, 0) is 19.8 Å². The molecule has 0 unspecified atom stereocenters. The lowest BCUT2D eigenvalue weighted by atomic mass is 10.0. The Morgan fingerprint density at radius 1 is 1.50 bits per heavy atom. The van der Waals surface area contributed by atoms with Gasteiger partial charge in [0.15, 0.2) is 0 Å². The predicted octanol–water partition coefficient (Wildman–Crippen LogP) is -0.0460. The van der Waals surface area contributed by atoms with Gasteiger partial charge in [0.2, 0.25) is 5.91 Å². The number of carbonyl (C=O) groups excluding carboxylic acids is 2. The van der Waals surface area contributed by atoms with Crippen molar-refractivity contribution in [2.24, 2.45) is 0 Å². The van der Waals surface area contributed by atoms with Crippen LogP contribution in [0.1, 0.15) is 26.2 Å². The van der Waals surface area contributed by atoms with Crippen molar-refractivity contribution in [2.45, 2.75) is 43.2 Å². The van der Waals surface area contributed by atoms with Crippen LogP contribution in [0.4, 0.5) is 0 Å². The van der Waals surface area contributed by atoms with E-state index in [9.17, 15) is 14.7 Å². The van der Waals surface area contributed by atoms with Crippen molar-refractivity contribution in [3.63, 3.8) is 0 Å². The lowest BCUT2D eigenvalue weighted by molar-refractivity contribution is -0.143. The summed E-state index contributed by atoms with van der Waals surface area (Å²) < 4.78 is 4.76. The van der Waals surface area contributed by atoms with Crippen molar-refractivity contribution in [3.8, 4) is 0 Å². The van der Waals surface area contributed by atoms with Crippen LogP contribution >= 0.6 is 11.8 Å². The zero-order chi connectivity index (χ0) is 14.8. The van der Waals surface area contributed by atoms with E-state index in [-0.39, 0.29) is 29.2 Å². The molecule has 2 N–H and O–H groups in total. The standard InChI is InChI=1S/C13H22N2O4S/c1-9(16)7-11(17)15-5-3-13(4-6-15)14-10(8-20-13)12(18)19-2/h9-10,14,16H,3-8H2,1-2H3/t9-,10+/m1/s1. The lowest BCUT2D eigenvalue weighted by Crippen LogP contribution is -2.53. The first-order chi connectivity index (χ1) is 9.46. The number of aliphatic hydroxyl groups excluding tert-OH is 1. The number of nitrogens with one attached hydrogen (secondary N) is 1. The number of rotatable bonds is 3. The van der Waals surface area contributed by atoms with E-state index in [1.54, 1.807) is 23.6 Å². The highest BCUT2D eigenvalue weighted by Crippen LogP contribution is 2.39. The SMILES string of the molecule is COC(=O)[C@@H]1CSC2(CCN(C(=O)C[C@@H](C)O)CC2)N1. The summed E-state index contributed by atoms with van der Waals surface area (Å²) in [7, 11) is 1.40. The van der Waals surface area contributed by atoms with E-state index >= 15 is 0 Å². The summed E-state index contributed by atoms with van der Waals surface area (Å²) in [6.07, 6.45) is 1.22. The molecule has 6 nitrogen and oxygen atoms in total. The molecular weight excluding hydrogens is 280 g/mol. The maximum atomic E-state index is 11.9. The fourth-order valence-electron chi connectivity index (χ4n) is 2.70. The predicted molar refractivity (Wildman–Crippen MR) is 76.2 cm³/mol. The van der Waals surface area contributed by atoms with Gasteiger partial charge in [-0.15, -0.1) is 11.8 Å². The van der Waals surface area contributed by atoms with Crippen LogP contribution in [0.3, 0.4) is 0 Å². The second kappa shape index (κ2) is 6.32. The van der Waals surface area contributed by atoms with Gasteiger partial charge in [0.1, 0.15) is 6.04 Å². The van der Waals surface area contributed by atoms with E-state index in [0.29, 0.717) is 18.8 Å². The van der Waals surface area contributed by atoms with Crippen LogP contribution < -0.4 is 5.32 Å². The third kappa shape index (κ3) is 3.45. The van der Waals surface area contributed by atoms with Crippen molar-refractivity contribution in [3.05, 3.63) is 0 Å². The summed E-state index contributed by atoms with van der Waals surface area (Å²) in [5.74, 6) is 0.498. The minimum absolute atomic E-state index is 0.00219. The number of hydrogen-bond donors (Lipinski definition) is 2. The van der Waals surface area contributed by atoms with Crippen LogP contribution in [-0.4, -0.2) is 64.9 Å². The molecule has 2 aliphatic rings. The van der Waals surface area contributed by atoms with Gasteiger partial charge in [-0.2, -0.15) is 0 Å². The number of nitrogens with zero attached hydrogens (tertiary/aromatic N) is 1. The average Bonchev–Trinajstić information content (AvgIpc) is 2.82. The van der Waals surface area contributed by atoms with Crippen LogP contribution in [0.5, 0.6) is 0 Å². The van der Waals surface area contributed by atoms with E-state index in [1.165, 1.54) is 7.11 Å². The maximum Gasteiger partial charge on any atom is 0.323 e. The summed E-state index contributed by atoms with van der Waals surface area (Å²) in [5, 5.41) is 12.6. The Labute approximate surface area is 123 Å². The van der Waals surface area contributed by atoms with Gasteiger partial charge >= 0.3 is 5.97 Å². The van der Waals surface area contributed by atoms with E-state index in [2.05, 4.69) is 5.32 Å². The minimum Gasteiger partial charge on any atom is -0.468 e. The Kier molecular flexibility index (Phi) is 4.93. The number of carbonyl (C=O) groups is 2. The van der Waals surface area contributed by atoms with Gasteiger partial charge in [-0.25, -0.2) is 0 Å². The third-order valence-electron chi connectivity index (χ3n) is 3.84. The molecule has 1 spiro atoms. The molecule has 0 bridgehead atoms. The Hall–Kier alpha value is -0.790. The molecule has 20 heavy (non-hydrogen) atoms. The summed E-state index contributed by atoms with van der Waals surface area (Å²) >= 11 is 1.75. The van der Waals surface area contributed by atoms with E-state index < -0.39 is 6.10 Å². The minimum atomic E-state index is -0.596. The first-order valence-electron chi connectivity index (χ1n) is 6.91. The van der Waals surface area contributed by atoms with Crippen LogP contribution in [-0.2, 0) is 14.3 Å². The summed E-state index contributed by atoms with van der Waals surface area (Å²) in [6, 6.07) is -0.246. The number of esters is 1. The van der Waals surface area contributed by atoms with E-state index in [1.807, 2.05) is 0 Å². The Morgan fingerprint density at radius 3 is 2.70 bits per heavy atom. The van der Waals surface area contributed by atoms with Crippen LogP contribution in [0.15, 0.2) is 0 Å². The van der Waals surface area contributed by atoms with Crippen LogP contribution in [0, 0.1) is 0 Å². The van der Waals surface area contributed by atoms with Crippen molar-refractivity contribution >= 4 is 23.6 Å². The maximum absolute atomic E-state index is 11.9. The van der Waals surface area contributed by atoms with Gasteiger partial charge in [-0.1, -0.05) is 0 Å². The largest absolute Gasteiger partial charge is 0.468 e. The van der Waals surface area contributed by atoms with Gasteiger partial charge in [0.05, 0.1) is 24.5 Å². The number of amides is 1. The Morgan fingerprint density at radius 2 is 2.15 bits per heavy atom. The first kappa shape index (κ1) is 15.6. The Bertz CT molecular complexity index is 381. The lowest BCUT2D eigenvalue weighted by Gasteiger charge is -2.39. The molecule has 0 aromatic rings. The van der Waals surface area contributed by atoms with Crippen molar-refractivity contribution in [1.82, 2.24) is 10.2 Å². The number of hydrogen-bond acceptors (Lipinski definition) is 6. The molecule has 2 saturated heterocycles. The topological polar surface area (TPSA) is 78.9 Å². The zero-order valence-electron chi connectivity index (χ0n) is 11.9. The fourth-order valence-corrected chi connectivity index (χ4v) is 4.10. The van der Waals surface area contributed by atoms with Crippen LogP contribution in [0.2, 0.25) is 0 Å². The molecule has 2 aliphatic heterocycles. The van der Waals surface area contributed by atoms with Crippen molar-refractivity contribution in [1.29, 1.82) is 0 Å². The average molecular weight is 302 g/mol. The molecule has 2 fully saturated rings. The molecule has 0 aromatic carbocycles. The molecule has 7 heteroatoms. The molecule has 114 valence electrons. The molecule has 0 saturated carbocycles. The number of methoxy groups -OCH3 is 1. The number of thioether (sulfide) groups is 1. The van der Waals surface area contributed by atoms with E-state index in [0.717, 1.165) is 12.8 Å².